The van der Waals surface area contributed by atoms with E-state index in [-0.39, 0.29) is 12.3 Å². The molecule has 1 N–H and O–H groups in total. The van der Waals surface area contributed by atoms with Gasteiger partial charge in [0.05, 0.1) is 6.42 Å². The Balaban J connectivity index is 1.90. The predicted octanol–water partition coefficient (Wildman–Crippen LogP) is 3.41. The fraction of sp³-hybridized carbons (Fsp3) is 0.158. The molecule has 3 heteroatoms. The van der Waals surface area contributed by atoms with E-state index >= 15 is 0 Å². The van der Waals surface area contributed by atoms with Gasteiger partial charge in [-0.25, -0.2) is 0 Å². The van der Waals surface area contributed by atoms with Crippen molar-refractivity contribution in [1.82, 2.24) is 5.32 Å². The topological polar surface area (TPSA) is 29.1 Å². The van der Waals surface area contributed by atoms with Crippen molar-refractivity contribution in [3.8, 4) is 23.5 Å². The summed E-state index contributed by atoms with van der Waals surface area (Å²) in [6.07, 6.45) is 5.84. The maximum atomic E-state index is 11.3. The van der Waals surface area contributed by atoms with E-state index in [4.69, 9.17) is 18.6 Å². The summed E-state index contributed by atoms with van der Waals surface area (Å²) < 4.78 is 0. The first kappa shape index (κ1) is 15.9. The van der Waals surface area contributed by atoms with Gasteiger partial charge in [0, 0.05) is 17.8 Å². The molecule has 0 unspecified atom stereocenters. The fourth-order valence-electron chi connectivity index (χ4n) is 2.09. The van der Waals surface area contributed by atoms with Gasteiger partial charge >= 0.3 is 0 Å². The van der Waals surface area contributed by atoms with Crippen molar-refractivity contribution in [2.75, 3.05) is 6.54 Å². The van der Waals surface area contributed by atoms with Gasteiger partial charge in [-0.2, -0.15) is 0 Å². The van der Waals surface area contributed by atoms with E-state index in [1.807, 2.05) is 18.2 Å². The van der Waals surface area contributed by atoms with Crippen LogP contribution in [0, 0.1) is 12.3 Å². The van der Waals surface area contributed by atoms with Crippen molar-refractivity contribution in [3.05, 3.63) is 60.2 Å². The molecule has 0 saturated carbocycles. The van der Waals surface area contributed by atoms with Crippen LogP contribution in [0.2, 0.25) is 0 Å². The predicted molar refractivity (Wildman–Crippen MR) is 94.6 cm³/mol. The first-order valence-electron chi connectivity index (χ1n) is 7.05. The molecule has 0 spiro atoms. The molecule has 0 atom stereocenters. The van der Waals surface area contributed by atoms with Crippen LogP contribution in [-0.2, 0) is 11.2 Å². The molecule has 0 heterocycles. The lowest BCUT2D eigenvalue weighted by Gasteiger charge is -2.07. The van der Waals surface area contributed by atoms with E-state index in [1.54, 1.807) is 0 Å². The average Bonchev–Trinajstić information content (AvgIpc) is 2.55. The first-order chi connectivity index (χ1) is 10.7. The zero-order valence-corrected chi connectivity index (χ0v) is 13.0. The lowest BCUT2D eigenvalue weighted by Crippen LogP contribution is -2.28. The zero-order valence-electron chi connectivity index (χ0n) is 12.2. The number of nitrogens with one attached hydrogen (secondary N) is 1. The standard InChI is InChI=1S/C19H17NOS/c1-2-6-19(21)20-14-18(22)13-15-9-11-17(12-10-15)16-7-4-3-5-8-16/h1,3-5,7-12H,6,13-14H2,(H,20,21). The van der Waals surface area contributed by atoms with E-state index in [0.717, 1.165) is 10.4 Å². The summed E-state index contributed by atoms with van der Waals surface area (Å²) in [4.78, 5) is 12.1. The molecular weight excluding hydrogens is 290 g/mol. The van der Waals surface area contributed by atoms with Crippen molar-refractivity contribution in [2.24, 2.45) is 0 Å². The maximum Gasteiger partial charge on any atom is 0.232 e. The molecule has 0 aromatic heterocycles. The van der Waals surface area contributed by atoms with E-state index in [9.17, 15) is 4.79 Å². The van der Waals surface area contributed by atoms with Crippen molar-refractivity contribution >= 4 is 23.0 Å². The molecule has 2 aromatic carbocycles. The van der Waals surface area contributed by atoms with E-state index in [1.165, 1.54) is 11.1 Å². The summed E-state index contributed by atoms with van der Waals surface area (Å²) in [7, 11) is 0. The Morgan fingerprint density at radius 1 is 1.05 bits per heavy atom. The van der Waals surface area contributed by atoms with Crippen LogP contribution in [0.1, 0.15) is 12.0 Å². The molecule has 0 radical (unpaired) electrons. The monoisotopic (exact) mass is 307 g/mol. The first-order valence-corrected chi connectivity index (χ1v) is 7.46. The number of carbonyl (C=O) groups excluding carboxylic acids is 1. The highest BCUT2D eigenvalue weighted by molar-refractivity contribution is 7.80. The summed E-state index contributed by atoms with van der Waals surface area (Å²) in [6.45, 7) is 0.385. The Morgan fingerprint density at radius 2 is 1.68 bits per heavy atom. The van der Waals surface area contributed by atoms with Crippen LogP contribution < -0.4 is 5.32 Å². The van der Waals surface area contributed by atoms with Gasteiger partial charge in [-0.3, -0.25) is 4.79 Å². The second kappa shape index (κ2) is 8.11. The normalized spacial score (nSPS) is 9.77. The summed E-state index contributed by atoms with van der Waals surface area (Å²) in [5.41, 5.74) is 3.51. The Labute approximate surface area is 136 Å². The van der Waals surface area contributed by atoms with Crippen molar-refractivity contribution in [2.45, 2.75) is 12.8 Å². The number of hydrogen-bond acceptors (Lipinski definition) is 2. The summed E-state index contributed by atoms with van der Waals surface area (Å²) in [6, 6.07) is 18.5. The minimum absolute atomic E-state index is 0.0917. The molecular formula is C19H17NOS. The quantitative estimate of drug-likeness (QED) is 0.654. The molecule has 0 bridgehead atoms. The van der Waals surface area contributed by atoms with Crippen LogP contribution in [0.5, 0.6) is 0 Å². The molecule has 0 fully saturated rings. The van der Waals surface area contributed by atoms with Gasteiger partial charge < -0.3 is 5.32 Å². The van der Waals surface area contributed by atoms with Gasteiger partial charge in [-0.05, 0) is 16.7 Å². The molecule has 2 rings (SSSR count). The molecule has 0 aliphatic heterocycles. The lowest BCUT2D eigenvalue weighted by molar-refractivity contribution is -0.119. The number of amides is 1. The van der Waals surface area contributed by atoms with Gasteiger partial charge in [0.2, 0.25) is 5.91 Å². The van der Waals surface area contributed by atoms with Crippen LogP contribution in [0.4, 0.5) is 0 Å². The Hall–Kier alpha value is -2.44. The number of carbonyl (C=O) groups is 1. The van der Waals surface area contributed by atoms with E-state index < -0.39 is 0 Å². The van der Waals surface area contributed by atoms with Gasteiger partial charge in [0.15, 0.2) is 0 Å². The number of benzene rings is 2. The van der Waals surface area contributed by atoms with Crippen molar-refractivity contribution < 1.29 is 4.79 Å². The molecule has 2 nitrogen and oxygen atoms in total. The second-order valence-corrected chi connectivity index (χ2v) is 5.51. The lowest BCUT2D eigenvalue weighted by atomic mass is 10.0. The SMILES string of the molecule is C#CCC(=O)NCC(=S)Cc1ccc(-c2ccccc2)cc1. The van der Waals surface area contributed by atoms with Crippen LogP contribution in [0.25, 0.3) is 11.1 Å². The number of terminal acetylenes is 1. The Bertz CT molecular complexity index is 684. The number of thiocarbonyl (C=S) groups is 1. The fourth-order valence-corrected chi connectivity index (χ4v) is 2.33. The van der Waals surface area contributed by atoms with E-state index in [2.05, 4.69) is 47.6 Å². The van der Waals surface area contributed by atoms with Gasteiger partial charge in [-0.15, -0.1) is 6.42 Å². The summed E-state index contributed by atoms with van der Waals surface area (Å²) in [5, 5.41) is 2.72. The third-order valence-electron chi connectivity index (χ3n) is 3.21. The van der Waals surface area contributed by atoms with Crippen LogP contribution >= 0.6 is 12.2 Å². The third kappa shape index (κ3) is 4.83. The van der Waals surface area contributed by atoms with Crippen molar-refractivity contribution in [1.29, 1.82) is 0 Å². The number of rotatable bonds is 6. The maximum absolute atomic E-state index is 11.3. The highest BCUT2D eigenvalue weighted by Gasteiger charge is 2.03. The smallest absolute Gasteiger partial charge is 0.232 e. The second-order valence-electron chi connectivity index (χ2n) is 4.94. The molecule has 0 aliphatic rings. The average molecular weight is 307 g/mol. The minimum Gasteiger partial charge on any atom is -0.351 e. The zero-order chi connectivity index (χ0) is 15.8. The Morgan fingerprint density at radius 3 is 2.32 bits per heavy atom. The van der Waals surface area contributed by atoms with Gasteiger partial charge in [-0.1, -0.05) is 72.7 Å². The number of hydrogen-bond donors (Lipinski definition) is 1. The van der Waals surface area contributed by atoms with Crippen molar-refractivity contribution in [3.63, 3.8) is 0 Å². The third-order valence-corrected chi connectivity index (χ3v) is 3.50. The van der Waals surface area contributed by atoms with E-state index in [0.29, 0.717) is 13.0 Å². The molecule has 0 saturated heterocycles. The largest absolute Gasteiger partial charge is 0.351 e. The highest BCUT2D eigenvalue weighted by atomic mass is 32.1. The Kier molecular flexibility index (Phi) is 5.88. The molecule has 0 aliphatic carbocycles. The molecule has 1 amide bonds. The van der Waals surface area contributed by atoms with Gasteiger partial charge in [0.25, 0.3) is 0 Å². The molecule has 110 valence electrons. The molecule has 22 heavy (non-hydrogen) atoms. The summed E-state index contributed by atoms with van der Waals surface area (Å²) >= 11 is 5.30. The minimum atomic E-state index is -0.163. The van der Waals surface area contributed by atoms with Crippen LogP contribution in [0.3, 0.4) is 0 Å². The summed E-state index contributed by atoms with van der Waals surface area (Å²) in [5.74, 6) is 2.14. The van der Waals surface area contributed by atoms with Gasteiger partial charge in [0.1, 0.15) is 0 Å². The van der Waals surface area contributed by atoms with Crippen LogP contribution in [0.15, 0.2) is 54.6 Å². The highest BCUT2D eigenvalue weighted by Crippen LogP contribution is 2.19. The molecule has 2 aromatic rings. The van der Waals surface area contributed by atoms with Crippen LogP contribution in [-0.4, -0.2) is 17.3 Å².